The van der Waals surface area contributed by atoms with Gasteiger partial charge in [-0.2, -0.15) is 4.37 Å². The van der Waals surface area contributed by atoms with E-state index in [0.717, 1.165) is 11.5 Å². The topological polar surface area (TPSA) is 135 Å². The largest absolute Gasteiger partial charge is 0.505 e. The average Bonchev–Trinajstić information content (AvgIpc) is 3.24. The summed E-state index contributed by atoms with van der Waals surface area (Å²) in [5, 5.41) is 22.9. The maximum atomic E-state index is 12.6. The van der Waals surface area contributed by atoms with Crippen molar-refractivity contribution in [2.75, 3.05) is 13.7 Å². The van der Waals surface area contributed by atoms with Gasteiger partial charge in [0.1, 0.15) is 6.54 Å². The number of carbonyl (C=O) groups excluding carboxylic acids is 1. The first-order chi connectivity index (χ1) is 15.4. The molecule has 3 aromatic heterocycles. The number of ether oxygens (including phenoxy) is 1. The van der Waals surface area contributed by atoms with Crippen LogP contribution in [-0.4, -0.2) is 50.1 Å². The predicted molar refractivity (Wildman–Crippen MR) is 119 cm³/mol. The Hall–Kier alpha value is -3.76. The lowest BCUT2D eigenvalue weighted by molar-refractivity contribution is -0.135. The van der Waals surface area contributed by atoms with Crippen LogP contribution in [0.3, 0.4) is 0 Å². The number of fused-ring (bicyclic) bond motifs is 1. The summed E-state index contributed by atoms with van der Waals surface area (Å²) in [7, 11) is 1.49. The maximum absolute atomic E-state index is 12.6. The number of rotatable bonds is 6. The second-order valence-corrected chi connectivity index (χ2v) is 7.78. The van der Waals surface area contributed by atoms with Crippen LogP contribution in [-0.2, 0) is 4.79 Å². The van der Waals surface area contributed by atoms with E-state index in [1.165, 1.54) is 13.3 Å². The molecule has 4 aromatic rings. The summed E-state index contributed by atoms with van der Waals surface area (Å²) in [4.78, 5) is 32.0. The molecule has 0 bridgehead atoms. The van der Waals surface area contributed by atoms with Gasteiger partial charge >= 0.3 is 5.97 Å². The van der Waals surface area contributed by atoms with Crippen LogP contribution in [0.15, 0.2) is 42.6 Å². The number of aromatic hydroxyl groups is 1. The number of hydrogen-bond acceptors (Lipinski definition) is 8. The van der Waals surface area contributed by atoms with E-state index < -0.39 is 24.2 Å². The SMILES string of the molecule is COc1ccc(-c2nc(C(=O)NCC(=O)O)c(O)c3c(-c4ccc(Cl)cc4)nsc23)cn1. The normalized spacial score (nSPS) is 10.8. The first-order valence-electron chi connectivity index (χ1n) is 9.17. The van der Waals surface area contributed by atoms with E-state index in [2.05, 4.69) is 19.7 Å². The van der Waals surface area contributed by atoms with Gasteiger partial charge in [-0.25, -0.2) is 9.97 Å². The Morgan fingerprint density at radius 1 is 1.12 bits per heavy atom. The second-order valence-electron chi connectivity index (χ2n) is 6.57. The van der Waals surface area contributed by atoms with Crippen molar-refractivity contribution in [1.29, 1.82) is 0 Å². The van der Waals surface area contributed by atoms with Crippen LogP contribution < -0.4 is 10.1 Å². The van der Waals surface area contributed by atoms with E-state index in [0.29, 0.717) is 43.5 Å². The third-order valence-electron chi connectivity index (χ3n) is 4.54. The molecule has 0 aliphatic heterocycles. The number of hydrogen-bond donors (Lipinski definition) is 3. The highest BCUT2D eigenvalue weighted by Crippen LogP contribution is 2.42. The molecule has 0 radical (unpaired) electrons. The number of carbonyl (C=O) groups is 2. The standard InChI is InChI=1S/C21H15ClN4O5S/c1-31-13-7-4-11(8-23-13)17-20-15(16(26-32-20)10-2-5-12(22)6-3-10)19(29)18(25-17)21(30)24-9-14(27)28/h2-8,29H,9H2,1H3,(H,24,30)(H,27,28). The average molecular weight is 471 g/mol. The molecule has 162 valence electrons. The number of nitrogens with zero attached hydrogens (tertiary/aromatic N) is 3. The Bertz CT molecular complexity index is 1320. The van der Waals surface area contributed by atoms with Gasteiger partial charge in [0.2, 0.25) is 5.88 Å². The minimum atomic E-state index is -1.22. The first-order valence-corrected chi connectivity index (χ1v) is 10.3. The predicted octanol–water partition coefficient (Wildman–Crippen LogP) is 3.60. The Kier molecular flexibility index (Phi) is 5.89. The monoisotopic (exact) mass is 470 g/mol. The summed E-state index contributed by atoms with van der Waals surface area (Å²) < 4.78 is 10.1. The Morgan fingerprint density at radius 3 is 2.47 bits per heavy atom. The first kappa shape index (κ1) is 21.5. The van der Waals surface area contributed by atoms with Gasteiger partial charge in [-0.3, -0.25) is 9.59 Å². The zero-order valence-corrected chi connectivity index (χ0v) is 18.1. The maximum Gasteiger partial charge on any atom is 0.322 e. The molecule has 4 rings (SSSR count). The number of carboxylic acids is 1. The minimum Gasteiger partial charge on any atom is -0.505 e. The molecule has 3 N–H and O–H groups in total. The van der Waals surface area contributed by atoms with Crippen molar-refractivity contribution in [3.05, 3.63) is 53.3 Å². The zero-order chi connectivity index (χ0) is 22.8. The number of nitrogens with one attached hydrogen (secondary N) is 1. The molecule has 11 heteroatoms. The van der Waals surface area contributed by atoms with Crippen molar-refractivity contribution < 1.29 is 24.5 Å². The molecule has 3 heterocycles. The number of aliphatic carboxylic acids is 1. The van der Waals surface area contributed by atoms with Crippen molar-refractivity contribution in [3.8, 4) is 34.1 Å². The zero-order valence-electron chi connectivity index (χ0n) is 16.5. The van der Waals surface area contributed by atoms with Gasteiger partial charge in [-0.1, -0.05) is 23.7 Å². The number of methoxy groups -OCH3 is 1. The summed E-state index contributed by atoms with van der Waals surface area (Å²) >= 11 is 7.09. The molecule has 32 heavy (non-hydrogen) atoms. The smallest absolute Gasteiger partial charge is 0.322 e. The van der Waals surface area contributed by atoms with Crippen molar-refractivity contribution in [3.63, 3.8) is 0 Å². The Balaban J connectivity index is 1.95. The molecule has 1 amide bonds. The highest BCUT2D eigenvalue weighted by Gasteiger charge is 2.25. The van der Waals surface area contributed by atoms with Crippen LogP contribution in [0.2, 0.25) is 5.02 Å². The minimum absolute atomic E-state index is 0.318. The number of pyridine rings is 2. The van der Waals surface area contributed by atoms with Crippen LogP contribution in [0.25, 0.3) is 32.6 Å². The van der Waals surface area contributed by atoms with Gasteiger partial charge in [0.15, 0.2) is 11.4 Å². The fourth-order valence-electron chi connectivity index (χ4n) is 3.04. The van der Waals surface area contributed by atoms with Crippen LogP contribution in [0.1, 0.15) is 10.5 Å². The van der Waals surface area contributed by atoms with Gasteiger partial charge in [0, 0.05) is 28.4 Å². The van der Waals surface area contributed by atoms with Gasteiger partial charge in [-0.15, -0.1) is 0 Å². The molecular weight excluding hydrogens is 456 g/mol. The van der Waals surface area contributed by atoms with E-state index in [1.807, 2.05) is 0 Å². The van der Waals surface area contributed by atoms with Crippen molar-refractivity contribution >= 4 is 45.1 Å². The van der Waals surface area contributed by atoms with E-state index in [9.17, 15) is 14.7 Å². The number of aromatic nitrogens is 3. The summed E-state index contributed by atoms with van der Waals surface area (Å²) in [6.07, 6.45) is 1.53. The van der Waals surface area contributed by atoms with Crippen molar-refractivity contribution in [2.24, 2.45) is 0 Å². The molecular formula is C21H15ClN4O5S. The fraction of sp³-hybridized carbons (Fsp3) is 0.0952. The van der Waals surface area contributed by atoms with Crippen molar-refractivity contribution in [1.82, 2.24) is 19.7 Å². The van der Waals surface area contributed by atoms with Crippen LogP contribution in [0.4, 0.5) is 0 Å². The van der Waals surface area contributed by atoms with Gasteiger partial charge in [0.25, 0.3) is 5.91 Å². The van der Waals surface area contributed by atoms with E-state index in [-0.39, 0.29) is 5.69 Å². The quantitative estimate of drug-likeness (QED) is 0.389. The summed E-state index contributed by atoms with van der Waals surface area (Å²) in [6.45, 7) is -0.622. The third kappa shape index (κ3) is 4.05. The lowest BCUT2D eigenvalue weighted by Gasteiger charge is -2.10. The summed E-state index contributed by atoms with van der Waals surface area (Å²) in [5.41, 5.74) is 1.73. The number of carboxylic acid groups (broad SMARTS) is 1. The molecule has 9 nitrogen and oxygen atoms in total. The number of halogens is 1. The Labute approximate surface area is 190 Å². The number of benzene rings is 1. The molecule has 0 atom stereocenters. The molecule has 0 fully saturated rings. The highest BCUT2D eigenvalue weighted by atomic mass is 35.5. The van der Waals surface area contributed by atoms with Gasteiger partial charge in [-0.05, 0) is 29.7 Å². The number of amides is 1. The Morgan fingerprint density at radius 2 is 1.84 bits per heavy atom. The highest BCUT2D eigenvalue weighted by molar-refractivity contribution is 7.14. The lowest BCUT2D eigenvalue weighted by atomic mass is 10.0. The van der Waals surface area contributed by atoms with Gasteiger partial charge < -0.3 is 20.3 Å². The summed E-state index contributed by atoms with van der Waals surface area (Å²) in [5.74, 6) is -2.05. The van der Waals surface area contributed by atoms with E-state index >= 15 is 0 Å². The van der Waals surface area contributed by atoms with Crippen molar-refractivity contribution in [2.45, 2.75) is 0 Å². The second kappa shape index (κ2) is 8.77. The fourth-order valence-corrected chi connectivity index (χ4v) is 4.08. The molecule has 0 saturated carbocycles. The summed E-state index contributed by atoms with van der Waals surface area (Å²) in [6, 6.07) is 10.2. The molecule has 0 unspecified atom stereocenters. The van der Waals surface area contributed by atoms with Gasteiger partial charge in [0.05, 0.1) is 28.6 Å². The molecule has 0 aliphatic rings. The molecule has 0 aliphatic carbocycles. The van der Waals surface area contributed by atoms with E-state index in [1.54, 1.807) is 36.4 Å². The third-order valence-corrected chi connectivity index (χ3v) is 5.65. The molecule has 1 aromatic carbocycles. The van der Waals surface area contributed by atoms with E-state index in [4.69, 9.17) is 21.4 Å². The van der Waals surface area contributed by atoms with Crippen LogP contribution >= 0.6 is 23.1 Å². The molecule has 0 spiro atoms. The van der Waals surface area contributed by atoms with Crippen LogP contribution in [0.5, 0.6) is 11.6 Å². The molecule has 0 saturated heterocycles. The lowest BCUT2D eigenvalue weighted by Crippen LogP contribution is -2.30. The van der Waals surface area contributed by atoms with Crippen LogP contribution in [0, 0.1) is 0 Å².